The summed E-state index contributed by atoms with van der Waals surface area (Å²) in [6.45, 7) is -0.284. The number of halogens is 4. The Balaban J connectivity index is 3.03. The highest BCUT2D eigenvalue weighted by Crippen LogP contribution is 2.19. The van der Waals surface area contributed by atoms with Gasteiger partial charge in [-0.1, -0.05) is 0 Å². The molecule has 104 valence electrons. The zero-order chi connectivity index (χ0) is 14.7. The van der Waals surface area contributed by atoms with Crippen LogP contribution in [-0.2, 0) is 4.79 Å². The third-order valence-corrected chi connectivity index (χ3v) is 2.34. The molecule has 0 spiro atoms. The van der Waals surface area contributed by atoms with Gasteiger partial charge in [0.2, 0.25) is 0 Å². The summed E-state index contributed by atoms with van der Waals surface area (Å²) in [5.74, 6) is -9.95. The lowest BCUT2D eigenvalue weighted by Gasteiger charge is -2.16. The number of carboxylic acids is 1. The lowest BCUT2D eigenvalue weighted by molar-refractivity contribution is -0.137. The van der Waals surface area contributed by atoms with Crippen LogP contribution in [0.3, 0.4) is 0 Å². The molecule has 0 aliphatic heterocycles. The number of rotatable bonds is 4. The highest BCUT2D eigenvalue weighted by atomic mass is 19.2. The maximum atomic E-state index is 13.3. The number of carbonyl (C=O) groups is 2. The Hall–Kier alpha value is -2.12. The molecule has 1 aromatic carbocycles. The summed E-state index contributed by atoms with van der Waals surface area (Å²) < 4.78 is 51.9. The number of carboxylic acid groups (broad SMARTS) is 1. The molecule has 0 radical (unpaired) electrons. The highest BCUT2D eigenvalue weighted by molar-refractivity contribution is 5.94. The molecular formula is C11H9F4NO3. The van der Waals surface area contributed by atoms with Crippen LogP contribution < -0.4 is 0 Å². The molecule has 0 atom stereocenters. The SMILES string of the molecule is CN(CCC(=O)O)C(=O)c1cc(F)c(F)c(F)c1F. The van der Waals surface area contributed by atoms with E-state index < -0.39 is 47.1 Å². The second kappa shape index (κ2) is 5.68. The molecule has 0 unspecified atom stereocenters. The van der Waals surface area contributed by atoms with Gasteiger partial charge >= 0.3 is 5.97 Å². The van der Waals surface area contributed by atoms with Crippen LogP contribution in [0.2, 0.25) is 0 Å². The van der Waals surface area contributed by atoms with Crippen LogP contribution in [0.15, 0.2) is 6.07 Å². The third kappa shape index (κ3) is 3.21. The first-order valence-corrected chi connectivity index (χ1v) is 5.06. The Kier molecular flexibility index (Phi) is 4.47. The van der Waals surface area contributed by atoms with E-state index in [1.54, 1.807) is 0 Å². The lowest BCUT2D eigenvalue weighted by atomic mass is 10.1. The fourth-order valence-corrected chi connectivity index (χ4v) is 1.30. The first kappa shape index (κ1) is 14.9. The minimum absolute atomic E-state index is 0.230. The Labute approximate surface area is 105 Å². The topological polar surface area (TPSA) is 57.6 Å². The molecule has 0 aromatic heterocycles. The van der Waals surface area contributed by atoms with E-state index in [1.807, 2.05) is 0 Å². The van der Waals surface area contributed by atoms with Crippen molar-refractivity contribution in [3.8, 4) is 0 Å². The Bertz CT molecular complexity index is 533. The van der Waals surface area contributed by atoms with Crippen molar-refractivity contribution in [2.24, 2.45) is 0 Å². The number of carbonyl (C=O) groups excluding carboxylic acids is 1. The van der Waals surface area contributed by atoms with Crippen LogP contribution in [0.1, 0.15) is 16.8 Å². The maximum absolute atomic E-state index is 13.3. The molecule has 0 saturated carbocycles. The summed E-state index contributed by atoms with van der Waals surface area (Å²) in [5.41, 5.74) is -0.996. The first-order chi connectivity index (χ1) is 8.75. The predicted molar refractivity (Wildman–Crippen MR) is 55.5 cm³/mol. The van der Waals surface area contributed by atoms with Gasteiger partial charge in [0, 0.05) is 13.6 Å². The van der Waals surface area contributed by atoms with Crippen molar-refractivity contribution in [3.05, 3.63) is 34.9 Å². The van der Waals surface area contributed by atoms with Gasteiger partial charge in [0.1, 0.15) is 0 Å². The van der Waals surface area contributed by atoms with Crippen molar-refractivity contribution in [1.29, 1.82) is 0 Å². The normalized spacial score (nSPS) is 10.4. The second-order valence-electron chi connectivity index (χ2n) is 3.72. The number of hydrogen-bond acceptors (Lipinski definition) is 2. The number of benzene rings is 1. The van der Waals surface area contributed by atoms with Crippen LogP contribution >= 0.6 is 0 Å². The largest absolute Gasteiger partial charge is 0.481 e. The fraction of sp³-hybridized carbons (Fsp3) is 0.273. The molecule has 0 saturated heterocycles. The van der Waals surface area contributed by atoms with Gasteiger partial charge in [0.25, 0.3) is 5.91 Å². The Morgan fingerprint density at radius 3 is 2.26 bits per heavy atom. The molecule has 1 amide bonds. The molecular weight excluding hydrogens is 270 g/mol. The van der Waals surface area contributed by atoms with E-state index in [0.717, 1.165) is 11.9 Å². The predicted octanol–water partition coefficient (Wildman–Crippen LogP) is 1.79. The van der Waals surface area contributed by atoms with E-state index >= 15 is 0 Å². The molecule has 0 bridgehead atoms. The number of aliphatic carboxylic acids is 1. The third-order valence-electron chi connectivity index (χ3n) is 2.34. The van der Waals surface area contributed by atoms with Crippen molar-refractivity contribution in [1.82, 2.24) is 4.90 Å². The van der Waals surface area contributed by atoms with Crippen molar-refractivity contribution < 1.29 is 32.3 Å². The van der Waals surface area contributed by atoms with E-state index in [9.17, 15) is 27.2 Å². The summed E-state index contributed by atoms with van der Waals surface area (Å²) >= 11 is 0. The van der Waals surface area contributed by atoms with Crippen LogP contribution in [0, 0.1) is 23.3 Å². The van der Waals surface area contributed by atoms with Gasteiger partial charge in [-0.25, -0.2) is 17.6 Å². The van der Waals surface area contributed by atoms with Crippen molar-refractivity contribution in [2.75, 3.05) is 13.6 Å². The summed E-state index contributed by atoms with van der Waals surface area (Å²) in [6.07, 6.45) is -0.421. The lowest BCUT2D eigenvalue weighted by Crippen LogP contribution is -2.30. The maximum Gasteiger partial charge on any atom is 0.305 e. The average molecular weight is 279 g/mol. The number of nitrogens with zero attached hydrogens (tertiary/aromatic N) is 1. The van der Waals surface area contributed by atoms with Crippen molar-refractivity contribution in [2.45, 2.75) is 6.42 Å². The molecule has 0 aliphatic rings. The van der Waals surface area contributed by atoms with E-state index in [-0.39, 0.29) is 12.6 Å². The molecule has 0 heterocycles. The zero-order valence-electron chi connectivity index (χ0n) is 9.71. The molecule has 1 aromatic rings. The fourth-order valence-electron chi connectivity index (χ4n) is 1.30. The van der Waals surface area contributed by atoms with E-state index in [1.165, 1.54) is 0 Å². The quantitative estimate of drug-likeness (QED) is 0.519. The molecule has 1 rings (SSSR count). The van der Waals surface area contributed by atoms with Gasteiger partial charge in [-0.2, -0.15) is 0 Å². The number of hydrogen-bond donors (Lipinski definition) is 1. The smallest absolute Gasteiger partial charge is 0.305 e. The summed E-state index contributed by atoms with van der Waals surface area (Å²) in [4.78, 5) is 22.7. The van der Waals surface area contributed by atoms with E-state index in [4.69, 9.17) is 5.11 Å². The van der Waals surface area contributed by atoms with E-state index in [2.05, 4.69) is 0 Å². The Morgan fingerprint density at radius 2 is 1.74 bits per heavy atom. The van der Waals surface area contributed by atoms with Gasteiger partial charge in [0.15, 0.2) is 23.3 Å². The molecule has 19 heavy (non-hydrogen) atoms. The second-order valence-corrected chi connectivity index (χ2v) is 3.72. The van der Waals surface area contributed by atoms with Gasteiger partial charge in [0.05, 0.1) is 12.0 Å². The Morgan fingerprint density at radius 1 is 1.16 bits per heavy atom. The summed E-state index contributed by atoms with van der Waals surface area (Å²) in [5, 5.41) is 8.41. The minimum atomic E-state index is -2.09. The van der Waals surface area contributed by atoms with Crippen molar-refractivity contribution >= 4 is 11.9 Å². The minimum Gasteiger partial charge on any atom is -0.481 e. The van der Waals surface area contributed by atoms with Crippen LogP contribution in [-0.4, -0.2) is 35.5 Å². The zero-order valence-corrected chi connectivity index (χ0v) is 9.71. The summed E-state index contributed by atoms with van der Waals surface area (Å²) in [6, 6.07) is 0.230. The van der Waals surface area contributed by atoms with Crippen molar-refractivity contribution in [3.63, 3.8) is 0 Å². The molecule has 0 fully saturated rings. The molecule has 8 heteroatoms. The van der Waals surface area contributed by atoms with Crippen LogP contribution in [0.5, 0.6) is 0 Å². The van der Waals surface area contributed by atoms with Crippen LogP contribution in [0.25, 0.3) is 0 Å². The van der Waals surface area contributed by atoms with E-state index in [0.29, 0.717) is 0 Å². The first-order valence-electron chi connectivity index (χ1n) is 5.06. The standard InChI is InChI=1S/C11H9F4NO3/c1-16(3-2-7(17)18)11(19)5-4-6(12)9(14)10(15)8(5)13/h4H,2-3H2,1H3,(H,17,18). The highest BCUT2D eigenvalue weighted by Gasteiger charge is 2.25. The molecule has 4 nitrogen and oxygen atoms in total. The summed E-state index contributed by atoms with van der Waals surface area (Å²) in [7, 11) is 1.13. The molecule has 0 aliphatic carbocycles. The van der Waals surface area contributed by atoms with Gasteiger partial charge in [-0.15, -0.1) is 0 Å². The van der Waals surface area contributed by atoms with Gasteiger partial charge < -0.3 is 10.0 Å². The monoisotopic (exact) mass is 279 g/mol. The van der Waals surface area contributed by atoms with Gasteiger partial charge in [-0.05, 0) is 6.07 Å². The van der Waals surface area contributed by atoms with Crippen LogP contribution in [0.4, 0.5) is 17.6 Å². The number of amides is 1. The average Bonchev–Trinajstić information content (AvgIpc) is 2.36. The van der Waals surface area contributed by atoms with Gasteiger partial charge in [-0.3, -0.25) is 9.59 Å². The molecule has 1 N–H and O–H groups in total.